The van der Waals surface area contributed by atoms with Crippen molar-refractivity contribution in [1.29, 1.82) is 0 Å². The summed E-state index contributed by atoms with van der Waals surface area (Å²) in [4.78, 5) is 4.43. The van der Waals surface area contributed by atoms with E-state index in [4.69, 9.17) is 5.73 Å². The molecule has 4 heteroatoms. The minimum atomic E-state index is -0.182. The summed E-state index contributed by atoms with van der Waals surface area (Å²) in [7, 11) is 1.94. The zero-order valence-electron chi connectivity index (χ0n) is 11.9. The lowest BCUT2D eigenvalue weighted by Gasteiger charge is -2.26. The molecule has 0 aliphatic carbocycles. The van der Waals surface area contributed by atoms with Crippen LogP contribution in [0, 0.1) is 5.82 Å². The Labute approximate surface area is 115 Å². The van der Waals surface area contributed by atoms with Gasteiger partial charge in [-0.25, -0.2) is 4.39 Å². The summed E-state index contributed by atoms with van der Waals surface area (Å²) in [6.07, 6.45) is 2.57. The molecule has 1 fully saturated rings. The van der Waals surface area contributed by atoms with Gasteiger partial charge < -0.3 is 15.5 Å². The van der Waals surface area contributed by atoms with E-state index in [0.29, 0.717) is 5.69 Å². The topological polar surface area (TPSA) is 32.5 Å². The quantitative estimate of drug-likeness (QED) is 0.887. The highest BCUT2D eigenvalue weighted by Gasteiger charge is 2.17. The fourth-order valence-electron chi connectivity index (χ4n) is 2.71. The predicted molar refractivity (Wildman–Crippen MR) is 77.9 cm³/mol. The van der Waals surface area contributed by atoms with Gasteiger partial charge in [-0.15, -0.1) is 0 Å². The van der Waals surface area contributed by atoms with Crippen molar-refractivity contribution in [3.05, 3.63) is 29.6 Å². The van der Waals surface area contributed by atoms with Crippen LogP contribution in [0.2, 0.25) is 0 Å². The van der Waals surface area contributed by atoms with E-state index in [-0.39, 0.29) is 11.9 Å². The Balaban J connectivity index is 2.06. The molecule has 1 aromatic rings. The van der Waals surface area contributed by atoms with Crippen LogP contribution in [0.1, 0.15) is 31.4 Å². The van der Waals surface area contributed by atoms with Crippen LogP contribution in [0.15, 0.2) is 18.2 Å². The number of anilines is 1. The monoisotopic (exact) mass is 265 g/mol. The van der Waals surface area contributed by atoms with Crippen LogP contribution in [-0.4, -0.2) is 38.1 Å². The van der Waals surface area contributed by atoms with Gasteiger partial charge in [-0.2, -0.15) is 0 Å². The Morgan fingerprint density at radius 3 is 2.68 bits per heavy atom. The summed E-state index contributed by atoms with van der Waals surface area (Å²) in [6.45, 7) is 6.06. The van der Waals surface area contributed by atoms with Gasteiger partial charge in [-0.3, -0.25) is 0 Å². The third-order valence-electron chi connectivity index (χ3n) is 3.84. The van der Waals surface area contributed by atoms with Gasteiger partial charge in [-0.1, -0.05) is 12.1 Å². The fraction of sp³-hybridized carbons (Fsp3) is 0.600. The summed E-state index contributed by atoms with van der Waals surface area (Å²) in [5, 5.41) is 0. The molecule has 0 aromatic heterocycles. The van der Waals surface area contributed by atoms with Crippen LogP contribution in [0.4, 0.5) is 10.1 Å². The van der Waals surface area contributed by atoms with Gasteiger partial charge in [0.1, 0.15) is 5.82 Å². The molecule has 1 heterocycles. The van der Waals surface area contributed by atoms with Gasteiger partial charge >= 0.3 is 0 Å². The molecule has 1 aliphatic heterocycles. The summed E-state index contributed by atoms with van der Waals surface area (Å²) in [5.41, 5.74) is 7.46. The SMILES string of the molecule is C[C@@H](N)c1cccc(F)c1N(C)CCN1CCCC1. The molecule has 0 amide bonds. The van der Waals surface area contributed by atoms with Crippen molar-refractivity contribution < 1.29 is 4.39 Å². The van der Waals surface area contributed by atoms with Gasteiger partial charge in [0.15, 0.2) is 0 Å². The Morgan fingerprint density at radius 1 is 1.37 bits per heavy atom. The van der Waals surface area contributed by atoms with Crippen LogP contribution in [0.25, 0.3) is 0 Å². The van der Waals surface area contributed by atoms with E-state index in [1.807, 2.05) is 24.9 Å². The number of nitrogens with zero attached hydrogens (tertiary/aromatic N) is 2. The zero-order valence-corrected chi connectivity index (χ0v) is 11.9. The molecule has 1 aliphatic rings. The molecule has 19 heavy (non-hydrogen) atoms. The highest BCUT2D eigenvalue weighted by atomic mass is 19.1. The van der Waals surface area contributed by atoms with Crippen molar-refractivity contribution in [2.75, 3.05) is 38.1 Å². The highest BCUT2D eigenvalue weighted by molar-refractivity contribution is 5.55. The molecule has 1 aromatic carbocycles. The van der Waals surface area contributed by atoms with E-state index in [1.54, 1.807) is 6.07 Å². The maximum atomic E-state index is 14.1. The second kappa shape index (κ2) is 6.35. The van der Waals surface area contributed by atoms with Gasteiger partial charge in [-0.05, 0) is 44.5 Å². The Hall–Kier alpha value is -1.13. The minimum Gasteiger partial charge on any atom is -0.371 e. The third kappa shape index (κ3) is 3.45. The Morgan fingerprint density at radius 2 is 2.05 bits per heavy atom. The second-order valence-corrected chi connectivity index (χ2v) is 5.44. The van der Waals surface area contributed by atoms with Crippen molar-refractivity contribution in [3.63, 3.8) is 0 Å². The molecule has 2 N–H and O–H groups in total. The van der Waals surface area contributed by atoms with Crippen molar-refractivity contribution in [3.8, 4) is 0 Å². The first-order valence-electron chi connectivity index (χ1n) is 7.07. The summed E-state index contributed by atoms with van der Waals surface area (Å²) in [6, 6.07) is 4.99. The minimum absolute atomic E-state index is 0.153. The normalized spacial score (nSPS) is 17.7. The van der Waals surface area contributed by atoms with Crippen LogP contribution in [0.5, 0.6) is 0 Å². The Bertz CT molecular complexity index is 414. The standard InChI is InChI=1S/C15H24FN3/c1-12(17)13-6-5-7-14(16)15(13)18(2)10-11-19-8-3-4-9-19/h5-7,12H,3-4,8-11,17H2,1-2H3/t12-/m1/s1. The van der Waals surface area contributed by atoms with E-state index < -0.39 is 0 Å². The number of likely N-dealkylation sites (N-methyl/N-ethyl adjacent to an activating group) is 1. The van der Waals surface area contributed by atoms with Crippen molar-refractivity contribution in [2.45, 2.75) is 25.8 Å². The molecular weight excluding hydrogens is 241 g/mol. The lowest BCUT2D eigenvalue weighted by molar-refractivity contribution is 0.346. The van der Waals surface area contributed by atoms with Gasteiger partial charge in [0.25, 0.3) is 0 Å². The molecule has 1 atom stereocenters. The van der Waals surface area contributed by atoms with Crippen LogP contribution in [0.3, 0.4) is 0 Å². The summed E-state index contributed by atoms with van der Waals surface area (Å²) < 4.78 is 14.1. The smallest absolute Gasteiger partial charge is 0.146 e. The number of para-hydroxylation sites is 1. The van der Waals surface area contributed by atoms with Crippen LogP contribution in [-0.2, 0) is 0 Å². The number of likely N-dealkylation sites (tertiary alicyclic amines) is 1. The van der Waals surface area contributed by atoms with E-state index in [2.05, 4.69) is 4.90 Å². The van der Waals surface area contributed by atoms with Crippen molar-refractivity contribution in [2.24, 2.45) is 5.73 Å². The van der Waals surface area contributed by atoms with Gasteiger partial charge in [0, 0.05) is 26.2 Å². The van der Waals surface area contributed by atoms with Crippen molar-refractivity contribution in [1.82, 2.24) is 4.90 Å². The molecule has 0 saturated carbocycles. The number of rotatable bonds is 5. The van der Waals surface area contributed by atoms with Crippen LogP contribution < -0.4 is 10.6 Å². The summed E-state index contributed by atoms with van der Waals surface area (Å²) >= 11 is 0. The van der Waals surface area contributed by atoms with Crippen molar-refractivity contribution >= 4 is 5.69 Å². The largest absolute Gasteiger partial charge is 0.371 e. The average Bonchev–Trinajstić information content (AvgIpc) is 2.88. The van der Waals surface area contributed by atoms with E-state index >= 15 is 0 Å². The molecule has 0 bridgehead atoms. The molecule has 0 unspecified atom stereocenters. The molecule has 2 rings (SSSR count). The maximum absolute atomic E-state index is 14.1. The predicted octanol–water partition coefficient (Wildman–Crippen LogP) is 2.38. The van der Waals surface area contributed by atoms with E-state index in [1.165, 1.54) is 32.0 Å². The Kier molecular flexibility index (Phi) is 4.77. The zero-order chi connectivity index (χ0) is 13.8. The average molecular weight is 265 g/mol. The molecule has 0 radical (unpaired) electrons. The highest BCUT2D eigenvalue weighted by Crippen LogP contribution is 2.27. The second-order valence-electron chi connectivity index (χ2n) is 5.44. The lowest BCUT2D eigenvalue weighted by Crippen LogP contribution is -2.32. The molecule has 3 nitrogen and oxygen atoms in total. The molecule has 0 spiro atoms. The fourth-order valence-corrected chi connectivity index (χ4v) is 2.71. The number of nitrogens with two attached hydrogens (primary N) is 1. The number of benzene rings is 1. The molecule has 106 valence electrons. The first kappa shape index (κ1) is 14.3. The maximum Gasteiger partial charge on any atom is 0.146 e. The van der Waals surface area contributed by atoms with E-state index in [0.717, 1.165) is 18.7 Å². The van der Waals surface area contributed by atoms with Crippen LogP contribution >= 0.6 is 0 Å². The molecular formula is C15H24FN3. The summed E-state index contributed by atoms with van der Waals surface area (Å²) in [5.74, 6) is -0.182. The van der Waals surface area contributed by atoms with Gasteiger partial charge in [0.2, 0.25) is 0 Å². The lowest BCUT2D eigenvalue weighted by atomic mass is 10.1. The third-order valence-corrected chi connectivity index (χ3v) is 3.84. The van der Waals surface area contributed by atoms with E-state index in [9.17, 15) is 4.39 Å². The van der Waals surface area contributed by atoms with Gasteiger partial charge in [0.05, 0.1) is 5.69 Å². The first-order chi connectivity index (χ1) is 9.09. The number of halogens is 1. The first-order valence-corrected chi connectivity index (χ1v) is 7.07. The number of hydrogen-bond donors (Lipinski definition) is 1. The number of hydrogen-bond acceptors (Lipinski definition) is 3. The molecule has 1 saturated heterocycles.